The maximum atomic E-state index is 11.9. The molecule has 100 valence electrons. The topological polar surface area (TPSA) is 38.3 Å². The summed E-state index contributed by atoms with van der Waals surface area (Å²) in [6, 6.07) is 6.18. The molecule has 0 aliphatic rings. The Hall–Kier alpha value is -1.65. The van der Waals surface area contributed by atoms with Gasteiger partial charge < -0.3 is 10.1 Å². The van der Waals surface area contributed by atoms with E-state index in [-0.39, 0.29) is 11.7 Å². The zero-order valence-corrected chi connectivity index (χ0v) is 10.7. The molecule has 0 saturated carbocycles. The number of ether oxygens (including phenoxy) is 1. The predicted octanol–water partition coefficient (Wildman–Crippen LogP) is 2.95. The van der Waals surface area contributed by atoms with Gasteiger partial charge in [0.15, 0.2) is 0 Å². The molecule has 5 heteroatoms. The van der Waals surface area contributed by atoms with Crippen LogP contribution in [0.2, 0.25) is 0 Å². The molecule has 1 aromatic carbocycles. The van der Waals surface area contributed by atoms with Crippen LogP contribution in [0.15, 0.2) is 24.3 Å². The highest BCUT2D eigenvalue weighted by molar-refractivity contribution is 5.81. The van der Waals surface area contributed by atoms with Gasteiger partial charge in [-0.15, -0.1) is 0 Å². The summed E-state index contributed by atoms with van der Waals surface area (Å²) in [5, 5.41) is 2.77. The Labute approximate surface area is 105 Å². The van der Waals surface area contributed by atoms with Crippen LogP contribution in [0.1, 0.15) is 26.3 Å². The molecule has 0 aliphatic carbocycles. The van der Waals surface area contributed by atoms with Crippen molar-refractivity contribution in [2.45, 2.75) is 33.9 Å². The zero-order valence-electron chi connectivity index (χ0n) is 10.7. The molecular weight excluding hydrogens is 240 g/mol. The number of rotatable bonds is 4. The van der Waals surface area contributed by atoms with Crippen LogP contribution in [-0.4, -0.2) is 12.5 Å². The van der Waals surface area contributed by atoms with Crippen LogP contribution in [0.25, 0.3) is 0 Å². The molecule has 0 aliphatic heterocycles. The number of carbonyl (C=O) groups is 1. The Morgan fingerprint density at radius 2 is 1.83 bits per heavy atom. The van der Waals surface area contributed by atoms with Crippen LogP contribution in [-0.2, 0) is 11.3 Å². The summed E-state index contributed by atoms with van der Waals surface area (Å²) >= 11 is 0. The van der Waals surface area contributed by atoms with Gasteiger partial charge in [-0.3, -0.25) is 4.79 Å². The van der Waals surface area contributed by atoms with E-state index in [1.807, 2.05) is 20.8 Å². The fourth-order valence-corrected chi connectivity index (χ4v) is 1.24. The van der Waals surface area contributed by atoms with Gasteiger partial charge in [0, 0.05) is 12.0 Å². The number of benzene rings is 1. The second-order valence-corrected chi connectivity index (χ2v) is 4.96. The molecule has 0 radical (unpaired) electrons. The first-order chi connectivity index (χ1) is 8.29. The van der Waals surface area contributed by atoms with Crippen LogP contribution in [0.3, 0.4) is 0 Å². The van der Waals surface area contributed by atoms with E-state index in [1.165, 1.54) is 12.1 Å². The average Bonchev–Trinajstić information content (AvgIpc) is 2.25. The lowest BCUT2D eigenvalue weighted by molar-refractivity contribution is -0.128. The lowest BCUT2D eigenvalue weighted by Gasteiger charge is -2.17. The molecule has 0 aromatic heterocycles. The van der Waals surface area contributed by atoms with Crippen LogP contribution in [0.5, 0.6) is 5.75 Å². The van der Waals surface area contributed by atoms with Crippen LogP contribution in [0, 0.1) is 5.41 Å². The van der Waals surface area contributed by atoms with E-state index in [1.54, 1.807) is 12.1 Å². The van der Waals surface area contributed by atoms with Gasteiger partial charge in [-0.1, -0.05) is 32.9 Å². The minimum Gasteiger partial charge on any atom is -0.435 e. The van der Waals surface area contributed by atoms with Gasteiger partial charge in [0.1, 0.15) is 5.75 Å². The van der Waals surface area contributed by atoms with E-state index in [9.17, 15) is 13.6 Å². The number of alkyl halides is 2. The smallest absolute Gasteiger partial charge is 0.387 e. The first-order valence-electron chi connectivity index (χ1n) is 5.61. The Bertz CT molecular complexity index is 396. The molecule has 18 heavy (non-hydrogen) atoms. The van der Waals surface area contributed by atoms with E-state index in [2.05, 4.69) is 10.1 Å². The van der Waals surface area contributed by atoms with Crippen molar-refractivity contribution in [3.8, 4) is 5.75 Å². The van der Waals surface area contributed by atoms with Gasteiger partial charge in [0.25, 0.3) is 0 Å². The van der Waals surface area contributed by atoms with Gasteiger partial charge in [0.05, 0.1) is 0 Å². The lowest BCUT2D eigenvalue weighted by atomic mass is 9.95. The first kappa shape index (κ1) is 14.4. The van der Waals surface area contributed by atoms with E-state index in [0.29, 0.717) is 6.54 Å². The van der Waals surface area contributed by atoms with Crippen molar-refractivity contribution in [3.05, 3.63) is 29.8 Å². The lowest BCUT2D eigenvalue weighted by Crippen LogP contribution is -2.34. The van der Waals surface area contributed by atoms with Crippen LogP contribution in [0.4, 0.5) is 8.78 Å². The molecule has 0 spiro atoms. The van der Waals surface area contributed by atoms with Gasteiger partial charge in [-0.2, -0.15) is 8.78 Å². The van der Waals surface area contributed by atoms with E-state index in [0.717, 1.165) is 5.56 Å². The summed E-state index contributed by atoms with van der Waals surface area (Å²) in [7, 11) is 0. The van der Waals surface area contributed by atoms with Crippen molar-refractivity contribution in [3.63, 3.8) is 0 Å². The standard InChI is InChI=1S/C13H17F2NO2/c1-13(2,3)11(17)16-8-9-4-6-10(7-5-9)18-12(14)15/h4-7,12H,8H2,1-3H3,(H,16,17). The molecule has 3 nitrogen and oxygen atoms in total. The molecule has 1 rings (SSSR count). The van der Waals surface area contributed by atoms with E-state index >= 15 is 0 Å². The number of nitrogens with one attached hydrogen (secondary N) is 1. The minimum absolute atomic E-state index is 0.0598. The molecule has 1 N–H and O–H groups in total. The summed E-state index contributed by atoms with van der Waals surface area (Å²) in [6.07, 6.45) is 0. The quantitative estimate of drug-likeness (QED) is 0.900. The monoisotopic (exact) mass is 257 g/mol. The minimum atomic E-state index is -2.82. The third-order valence-corrected chi connectivity index (χ3v) is 2.28. The molecule has 0 fully saturated rings. The Morgan fingerprint density at radius 3 is 2.28 bits per heavy atom. The predicted molar refractivity (Wildman–Crippen MR) is 64.4 cm³/mol. The van der Waals surface area contributed by atoms with Crippen LogP contribution >= 0.6 is 0 Å². The maximum absolute atomic E-state index is 11.9. The normalized spacial score (nSPS) is 11.4. The van der Waals surface area contributed by atoms with Crippen molar-refractivity contribution in [1.29, 1.82) is 0 Å². The third-order valence-electron chi connectivity index (χ3n) is 2.28. The van der Waals surface area contributed by atoms with Crippen molar-refractivity contribution in [1.82, 2.24) is 5.32 Å². The Kier molecular flexibility index (Phi) is 4.64. The fraction of sp³-hybridized carbons (Fsp3) is 0.462. The van der Waals surface area contributed by atoms with Crippen LogP contribution < -0.4 is 10.1 Å². The second kappa shape index (κ2) is 5.80. The van der Waals surface area contributed by atoms with E-state index < -0.39 is 12.0 Å². The SMILES string of the molecule is CC(C)(C)C(=O)NCc1ccc(OC(F)F)cc1. The summed E-state index contributed by atoms with van der Waals surface area (Å²) in [6.45, 7) is 3.01. The summed E-state index contributed by atoms with van der Waals surface area (Å²) in [4.78, 5) is 11.6. The molecule has 0 unspecified atom stereocenters. The van der Waals surface area contributed by atoms with Crippen molar-refractivity contribution >= 4 is 5.91 Å². The van der Waals surface area contributed by atoms with Crippen molar-refractivity contribution in [2.75, 3.05) is 0 Å². The summed E-state index contributed by atoms with van der Waals surface area (Å²) in [5.74, 6) is 0.0475. The highest BCUT2D eigenvalue weighted by Crippen LogP contribution is 2.16. The second-order valence-electron chi connectivity index (χ2n) is 4.96. The number of hydrogen-bond donors (Lipinski definition) is 1. The van der Waals surface area contributed by atoms with E-state index in [4.69, 9.17) is 0 Å². The van der Waals surface area contributed by atoms with Crippen molar-refractivity contribution < 1.29 is 18.3 Å². The molecular formula is C13H17F2NO2. The van der Waals surface area contributed by atoms with Gasteiger partial charge in [-0.05, 0) is 17.7 Å². The highest BCUT2D eigenvalue weighted by atomic mass is 19.3. The Balaban J connectivity index is 2.52. The van der Waals surface area contributed by atoms with Gasteiger partial charge >= 0.3 is 6.61 Å². The first-order valence-corrected chi connectivity index (χ1v) is 5.61. The number of halogens is 2. The molecule has 0 bridgehead atoms. The maximum Gasteiger partial charge on any atom is 0.387 e. The third kappa shape index (κ3) is 4.69. The van der Waals surface area contributed by atoms with Gasteiger partial charge in [0.2, 0.25) is 5.91 Å². The van der Waals surface area contributed by atoms with Crippen molar-refractivity contribution in [2.24, 2.45) is 5.41 Å². The molecule has 0 atom stereocenters. The highest BCUT2D eigenvalue weighted by Gasteiger charge is 2.20. The fourth-order valence-electron chi connectivity index (χ4n) is 1.24. The van der Waals surface area contributed by atoms with Gasteiger partial charge in [-0.25, -0.2) is 0 Å². The number of amides is 1. The number of carbonyl (C=O) groups excluding carboxylic acids is 1. The summed E-state index contributed by atoms with van der Waals surface area (Å²) < 4.78 is 28.1. The average molecular weight is 257 g/mol. The molecule has 1 aromatic rings. The molecule has 0 saturated heterocycles. The molecule has 1 amide bonds. The zero-order chi connectivity index (χ0) is 13.8. The molecule has 0 heterocycles. The number of hydrogen-bond acceptors (Lipinski definition) is 2. The summed E-state index contributed by atoms with van der Waals surface area (Å²) in [5.41, 5.74) is 0.382. The largest absolute Gasteiger partial charge is 0.435 e. The Morgan fingerprint density at radius 1 is 1.28 bits per heavy atom.